The van der Waals surface area contributed by atoms with Gasteiger partial charge in [0.1, 0.15) is 24.7 Å². The smallest absolute Gasteiger partial charge is 0.119 e. The number of hydrogen-bond donors (Lipinski definition) is 0. The van der Waals surface area contributed by atoms with Gasteiger partial charge in [-0.2, -0.15) is 0 Å². The van der Waals surface area contributed by atoms with E-state index in [2.05, 4.69) is 139 Å². The number of alkyl halides is 1. The Balaban J connectivity index is 1.62. The second-order valence-corrected chi connectivity index (χ2v) is 11.5. The summed E-state index contributed by atoms with van der Waals surface area (Å²) in [5, 5.41) is 0. The van der Waals surface area contributed by atoms with Gasteiger partial charge in [0.25, 0.3) is 0 Å². The van der Waals surface area contributed by atoms with E-state index in [0.29, 0.717) is 37.6 Å². The number of halogens is 3. The van der Waals surface area contributed by atoms with Crippen LogP contribution in [0.25, 0.3) is 11.1 Å². The van der Waals surface area contributed by atoms with Crippen molar-refractivity contribution in [3.8, 4) is 22.6 Å². The molecule has 0 saturated heterocycles. The predicted molar refractivity (Wildman–Crippen MR) is 171 cm³/mol. The van der Waals surface area contributed by atoms with E-state index in [9.17, 15) is 0 Å². The van der Waals surface area contributed by atoms with Crippen molar-refractivity contribution in [2.75, 3.05) is 37.6 Å². The molecule has 0 bridgehead atoms. The lowest BCUT2D eigenvalue weighted by atomic mass is 9.67. The Hall–Kier alpha value is -1.91. The van der Waals surface area contributed by atoms with Gasteiger partial charge in [-0.25, -0.2) is 0 Å². The second-order valence-electron chi connectivity index (χ2n) is 9.09. The molecule has 1 aliphatic carbocycles. The van der Waals surface area contributed by atoms with Crippen molar-refractivity contribution >= 4 is 54.5 Å². The zero-order valence-electron chi connectivity index (χ0n) is 21.6. The van der Waals surface area contributed by atoms with E-state index in [1.54, 1.807) is 0 Å². The molecule has 0 amide bonds. The first-order chi connectivity index (χ1) is 19.1. The van der Waals surface area contributed by atoms with Gasteiger partial charge >= 0.3 is 0 Å². The lowest BCUT2D eigenvalue weighted by Crippen LogP contribution is -2.28. The van der Waals surface area contributed by atoms with E-state index in [1.807, 2.05) is 6.92 Å². The first-order valence-electron chi connectivity index (χ1n) is 12.9. The van der Waals surface area contributed by atoms with E-state index in [0.717, 1.165) is 20.4 Å². The summed E-state index contributed by atoms with van der Waals surface area (Å²) < 4.78 is 25.5. The molecule has 0 unspecified atom stereocenters. The van der Waals surface area contributed by atoms with Gasteiger partial charge < -0.3 is 18.9 Å². The predicted octanol–water partition coefficient (Wildman–Crippen LogP) is 8.78. The Morgan fingerprint density at radius 3 is 1.51 bits per heavy atom. The van der Waals surface area contributed by atoms with E-state index in [1.165, 1.54) is 33.4 Å². The zero-order valence-corrected chi connectivity index (χ0v) is 26.9. The van der Waals surface area contributed by atoms with Gasteiger partial charge in [0.15, 0.2) is 0 Å². The number of fused-ring (bicyclic) bond motifs is 3. The Kier molecular flexibility index (Phi) is 9.66. The average molecular weight is 764 g/mol. The van der Waals surface area contributed by atoms with Crippen molar-refractivity contribution in [1.29, 1.82) is 0 Å². The van der Waals surface area contributed by atoms with Crippen LogP contribution in [-0.4, -0.2) is 37.6 Å². The highest BCUT2D eigenvalue weighted by Crippen LogP contribution is 2.57. The molecule has 5 rings (SSSR count). The molecule has 0 saturated carbocycles. The molecule has 0 aromatic heterocycles. The van der Waals surface area contributed by atoms with Crippen LogP contribution in [0.3, 0.4) is 0 Å². The quantitative estimate of drug-likeness (QED) is 0.0724. The summed E-state index contributed by atoms with van der Waals surface area (Å²) in [5.74, 6) is 1.65. The SMILES string of the molecule is CCOCCOc1ccc(C2(c3ccc(OCCOCI)cc3)c3cc(Br)ccc3-c3ccc(Br)cc32)cc1. The van der Waals surface area contributed by atoms with Crippen LogP contribution in [0.15, 0.2) is 93.9 Å². The average Bonchev–Trinajstić information content (AvgIpc) is 3.23. The Bertz CT molecular complexity index is 1300. The van der Waals surface area contributed by atoms with Gasteiger partial charge in [0.2, 0.25) is 0 Å². The van der Waals surface area contributed by atoms with Crippen molar-refractivity contribution in [3.63, 3.8) is 0 Å². The lowest BCUT2D eigenvalue weighted by Gasteiger charge is -2.34. The minimum Gasteiger partial charge on any atom is -0.491 e. The van der Waals surface area contributed by atoms with E-state index in [4.69, 9.17) is 18.9 Å². The summed E-state index contributed by atoms with van der Waals surface area (Å²) in [6, 6.07) is 30.1. The van der Waals surface area contributed by atoms with Crippen molar-refractivity contribution in [2.24, 2.45) is 0 Å². The molecule has 0 aliphatic heterocycles. The minimum atomic E-state index is -0.523. The van der Waals surface area contributed by atoms with Gasteiger partial charge in [-0.05, 0) is 88.8 Å². The largest absolute Gasteiger partial charge is 0.491 e. The summed E-state index contributed by atoms with van der Waals surface area (Å²) in [6.45, 7) is 4.85. The number of benzene rings is 4. The molecule has 0 atom stereocenters. The van der Waals surface area contributed by atoms with Crippen molar-refractivity contribution in [1.82, 2.24) is 0 Å². The van der Waals surface area contributed by atoms with Crippen LogP contribution in [0.2, 0.25) is 0 Å². The van der Waals surface area contributed by atoms with Gasteiger partial charge in [-0.1, -0.05) is 90.8 Å². The molecule has 0 radical (unpaired) electrons. The number of hydrogen-bond acceptors (Lipinski definition) is 4. The molecule has 0 N–H and O–H groups in total. The van der Waals surface area contributed by atoms with Crippen LogP contribution in [0, 0.1) is 0 Å². The Morgan fingerprint density at radius 1 is 0.615 bits per heavy atom. The fourth-order valence-corrected chi connectivity index (χ4v) is 6.33. The lowest BCUT2D eigenvalue weighted by molar-refractivity contribution is 0.110. The van der Waals surface area contributed by atoms with E-state index < -0.39 is 5.41 Å². The molecule has 0 heterocycles. The summed E-state index contributed by atoms with van der Waals surface area (Å²) >= 11 is 9.70. The molecular weight excluding hydrogens is 735 g/mol. The molecule has 7 heteroatoms. The fourth-order valence-electron chi connectivity index (χ4n) is 5.30. The first kappa shape index (κ1) is 28.6. The monoisotopic (exact) mass is 762 g/mol. The normalized spacial score (nSPS) is 13.1. The minimum absolute atomic E-state index is 0.518. The van der Waals surface area contributed by atoms with E-state index >= 15 is 0 Å². The van der Waals surface area contributed by atoms with E-state index in [-0.39, 0.29) is 0 Å². The molecule has 0 spiro atoms. The highest BCUT2D eigenvalue weighted by atomic mass is 127. The topological polar surface area (TPSA) is 36.9 Å². The molecule has 0 fully saturated rings. The second kappa shape index (κ2) is 13.2. The van der Waals surface area contributed by atoms with Crippen molar-refractivity contribution in [2.45, 2.75) is 12.3 Å². The van der Waals surface area contributed by atoms with Crippen LogP contribution in [0.5, 0.6) is 11.5 Å². The maximum Gasteiger partial charge on any atom is 0.119 e. The van der Waals surface area contributed by atoms with Gasteiger partial charge in [0.05, 0.1) is 23.2 Å². The van der Waals surface area contributed by atoms with Crippen LogP contribution in [0.4, 0.5) is 0 Å². The van der Waals surface area contributed by atoms with Crippen LogP contribution >= 0.6 is 54.5 Å². The third-order valence-corrected chi connectivity index (χ3v) is 8.34. The van der Waals surface area contributed by atoms with Crippen LogP contribution in [-0.2, 0) is 14.9 Å². The number of ether oxygens (including phenoxy) is 4. The zero-order chi connectivity index (χ0) is 27.2. The maximum atomic E-state index is 5.94. The molecule has 1 aliphatic rings. The summed E-state index contributed by atoms with van der Waals surface area (Å²) in [6.07, 6.45) is 0. The van der Waals surface area contributed by atoms with Gasteiger partial charge in [0, 0.05) is 15.6 Å². The summed E-state index contributed by atoms with van der Waals surface area (Å²) in [5.41, 5.74) is 6.74. The standard InChI is InChI=1S/C32H29Br2IO4/c1-2-36-15-17-38-26-9-3-22(4-10-26)32(23-5-11-27(12-6-23)39-18-16-37-21-35)30-19-24(33)7-13-28(30)29-14-8-25(34)20-31(29)32/h3-14,19-20H,2,15-18,21H2,1H3. The molecule has 202 valence electrons. The number of rotatable bonds is 12. The van der Waals surface area contributed by atoms with Crippen LogP contribution in [0.1, 0.15) is 29.2 Å². The van der Waals surface area contributed by atoms with Crippen LogP contribution < -0.4 is 9.47 Å². The Morgan fingerprint density at radius 2 is 1.08 bits per heavy atom. The third-order valence-electron chi connectivity index (χ3n) is 6.91. The molecule has 4 nitrogen and oxygen atoms in total. The highest BCUT2D eigenvalue weighted by Gasteiger charge is 2.46. The maximum absolute atomic E-state index is 5.94. The summed E-state index contributed by atoms with van der Waals surface area (Å²) in [7, 11) is 0. The van der Waals surface area contributed by atoms with Gasteiger partial charge in [-0.15, -0.1) is 0 Å². The molecular formula is C32H29Br2IO4. The van der Waals surface area contributed by atoms with Crippen molar-refractivity contribution < 1.29 is 18.9 Å². The van der Waals surface area contributed by atoms with Gasteiger partial charge in [-0.3, -0.25) is 0 Å². The molecule has 4 aromatic rings. The fraction of sp³-hybridized carbons (Fsp3) is 0.250. The van der Waals surface area contributed by atoms with Crippen molar-refractivity contribution in [3.05, 3.63) is 116 Å². The third kappa shape index (κ3) is 5.93. The molecule has 39 heavy (non-hydrogen) atoms. The Labute approximate surface area is 260 Å². The first-order valence-corrected chi connectivity index (χ1v) is 16.0. The molecule has 4 aromatic carbocycles. The summed E-state index contributed by atoms with van der Waals surface area (Å²) in [4.78, 5) is 0. The highest BCUT2D eigenvalue weighted by molar-refractivity contribution is 14.1.